The molecule has 1 aliphatic heterocycles. The minimum atomic E-state index is -0.452. The summed E-state index contributed by atoms with van der Waals surface area (Å²) in [5, 5.41) is 0. The zero-order valence-corrected chi connectivity index (χ0v) is 18.6. The quantitative estimate of drug-likeness (QED) is 0.358. The van der Waals surface area contributed by atoms with Crippen LogP contribution < -0.4 is 9.80 Å². The van der Waals surface area contributed by atoms with Crippen LogP contribution in [0.25, 0.3) is 5.57 Å². The van der Waals surface area contributed by atoms with Crippen molar-refractivity contribution in [2.45, 2.75) is 53.6 Å². The van der Waals surface area contributed by atoms with E-state index in [4.69, 9.17) is 0 Å². The topological polar surface area (TPSA) is 32.8 Å². The Hall–Kier alpha value is -2.56. The van der Waals surface area contributed by atoms with Crippen LogP contribution in [0.4, 0.5) is 15.8 Å². The third-order valence-electron chi connectivity index (χ3n) is 5.25. The Morgan fingerprint density at radius 1 is 1.03 bits per heavy atom. The Bertz CT molecular complexity index is 837. The fourth-order valence-electron chi connectivity index (χ4n) is 3.52. The van der Waals surface area contributed by atoms with Crippen molar-refractivity contribution >= 4 is 22.9 Å². The van der Waals surface area contributed by atoms with Crippen LogP contribution >= 0.6 is 0 Å². The van der Waals surface area contributed by atoms with Crippen LogP contribution in [0.15, 0.2) is 47.8 Å². The molecule has 2 rings (SSSR count). The number of rotatable bonds is 6. The van der Waals surface area contributed by atoms with E-state index in [-0.39, 0.29) is 5.83 Å². The molecule has 0 saturated heterocycles. The second-order valence-corrected chi connectivity index (χ2v) is 8.00. The van der Waals surface area contributed by atoms with E-state index < -0.39 is 5.97 Å². The smallest absolute Gasteiger partial charge is 0.330 e. The van der Waals surface area contributed by atoms with E-state index in [2.05, 4.69) is 54.4 Å². The first-order valence-electron chi connectivity index (χ1n) is 10.1. The first-order chi connectivity index (χ1) is 13.6. The summed E-state index contributed by atoms with van der Waals surface area (Å²) in [6, 6.07) is 6.96. The Labute approximate surface area is 174 Å². The number of carbonyl (C=O) groups is 1. The molecule has 0 radical (unpaired) electrons. The maximum absolute atomic E-state index is 14.8. The van der Waals surface area contributed by atoms with E-state index in [1.165, 1.54) is 24.9 Å². The second-order valence-electron chi connectivity index (χ2n) is 8.00. The first kappa shape index (κ1) is 22.7. The molecule has 0 amide bonds. The lowest BCUT2D eigenvalue weighted by atomic mass is 10.0. The van der Waals surface area contributed by atoms with Gasteiger partial charge in [-0.3, -0.25) is 0 Å². The number of esters is 1. The van der Waals surface area contributed by atoms with Gasteiger partial charge in [-0.2, -0.15) is 0 Å². The molecule has 4 nitrogen and oxygen atoms in total. The highest BCUT2D eigenvalue weighted by Gasteiger charge is 2.26. The summed E-state index contributed by atoms with van der Waals surface area (Å²) in [6.07, 6.45) is 4.30. The van der Waals surface area contributed by atoms with Crippen molar-refractivity contribution in [3.05, 3.63) is 53.4 Å². The van der Waals surface area contributed by atoms with Crippen molar-refractivity contribution in [2.24, 2.45) is 0 Å². The highest BCUT2D eigenvalue weighted by atomic mass is 19.1. The van der Waals surface area contributed by atoms with Crippen molar-refractivity contribution < 1.29 is 13.9 Å². The van der Waals surface area contributed by atoms with Gasteiger partial charge in [0.2, 0.25) is 0 Å². The largest absolute Gasteiger partial charge is 0.466 e. The van der Waals surface area contributed by atoms with Gasteiger partial charge >= 0.3 is 5.97 Å². The first-order valence-corrected chi connectivity index (χ1v) is 10.1. The van der Waals surface area contributed by atoms with Gasteiger partial charge in [-0.1, -0.05) is 12.1 Å². The van der Waals surface area contributed by atoms with Gasteiger partial charge in [0.25, 0.3) is 0 Å². The molecule has 0 N–H and O–H groups in total. The predicted molar refractivity (Wildman–Crippen MR) is 120 cm³/mol. The highest BCUT2D eigenvalue weighted by Crippen LogP contribution is 2.38. The highest BCUT2D eigenvalue weighted by molar-refractivity contribution is 5.83. The summed E-state index contributed by atoms with van der Waals surface area (Å²) in [7, 11) is 1.32. The number of hydrogen-bond donors (Lipinski definition) is 0. The molecule has 0 fully saturated rings. The lowest BCUT2D eigenvalue weighted by Gasteiger charge is -2.43. The SMILES string of the molecule is COC(=O)/C=C(C)/C=C/C(F)=C(/C)c1ccc2c(c1)N(C(C)C)CCN2C(C)C. The Morgan fingerprint density at radius 2 is 1.62 bits per heavy atom. The van der Waals surface area contributed by atoms with Crippen molar-refractivity contribution in [3.63, 3.8) is 0 Å². The minimum absolute atomic E-state index is 0.324. The van der Waals surface area contributed by atoms with E-state index in [1.54, 1.807) is 19.9 Å². The standard InChI is InChI=1S/C24H33FN2O2/c1-16(2)26-12-13-27(17(3)4)23-15-20(9-11-22(23)26)19(6)21(25)10-8-18(5)14-24(28)29-7/h8-11,14-17H,12-13H2,1-7H3/b10-8+,18-14+,21-19+. The molecule has 0 aliphatic carbocycles. The van der Waals surface area contributed by atoms with Crippen molar-refractivity contribution in [1.29, 1.82) is 0 Å². The number of benzene rings is 1. The second kappa shape index (κ2) is 9.77. The van der Waals surface area contributed by atoms with Crippen LogP contribution in [0, 0.1) is 0 Å². The molecule has 29 heavy (non-hydrogen) atoms. The van der Waals surface area contributed by atoms with Crippen LogP contribution in [0.5, 0.6) is 0 Å². The number of allylic oxidation sites excluding steroid dienone is 5. The third kappa shape index (κ3) is 5.49. The van der Waals surface area contributed by atoms with Crippen LogP contribution in [-0.4, -0.2) is 38.3 Å². The van der Waals surface area contributed by atoms with Crippen LogP contribution in [-0.2, 0) is 9.53 Å². The predicted octanol–water partition coefficient (Wildman–Crippen LogP) is 5.51. The van der Waals surface area contributed by atoms with Crippen molar-refractivity contribution in [3.8, 4) is 0 Å². The number of ether oxygens (including phenoxy) is 1. The summed E-state index contributed by atoms with van der Waals surface area (Å²) in [5.74, 6) is -0.776. The normalized spacial score (nSPS) is 15.9. The van der Waals surface area contributed by atoms with Gasteiger partial charge < -0.3 is 14.5 Å². The lowest BCUT2D eigenvalue weighted by Crippen LogP contribution is -2.46. The third-order valence-corrected chi connectivity index (χ3v) is 5.25. The Kier molecular flexibility index (Phi) is 7.66. The van der Waals surface area contributed by atoms with Gasteiger partial charge in [-0.25, -0.2) is 9.18 Å². The fourth-order valence-corrected chi connectivity index (χ4v) is 3.52. The Balaban J connectivity index is 2.39. The summed E-state index contributed by atoms with van der Waals surface area (Å²) >= 11 is 0. The number of hydrogen-bond acceptors (Lipinski definition) is 4. The van der Waals surface area contributed by atoms with Crippen molar-refractivity contribution in [1.82, 2.24) is 0 Å². The summed E-state index contributed by atoms with van der Waals surface area (Å²) in [5.41, 5.74) is 4.40. The zero-order chi connectivity index (χ0) is 21.7. The molecular formula is C24H33FN2O2. The van der Waals surface area contributed by atoms with Gasteiger partial charge in [0.1, 0.15) is 5.83 Å². The molecule has 1 aromatic carbocycles. The molecule has 0 spiro atoms. The maximum Gasteiger partial charge on any atom is 0.330 e. The molecule has 5 heteroatoms. The summed E-state index contributed by atoms with van der Waals surface area (Å²) in [4.78, 5) is 16.0. The fraction of sp³-hybridized carbons (Fsp3) is 0.458. The monoisotopic (exact) mass is 400 g/mol. The van der Waals surface area contributed by atoms with Crippen LogP contribution in [0.1, 0.15) is 47.1 Å². The van der Waals surface area contributed by atoms with Gasteiger partial charge in [0, 0.05) is 31.2 Å². The molecule has 1 aliphatic rings. The number of carbonyl (C=O) groups excluding carboxylic acids is 1. The molecular weight excluding hydrogens is 367 g/mol. The average molecular weight is 401 g/mol. The molecule has 0 unspecified atom stereocenters. The van der Waals surface area contributed by atoms with E-state index >= 15 is 0 Å². The van der Waals surface area contributed by atoms with Crippen molar-refractivity contribution in [2.75, 3.05) is 30.0 Å². The number of methoxy groups -OCH3 is 1. The summed E-state index contributed by atoms with van der Waals surface area (Å²) in [6.45, 7) is 14.2. The molecule has 0 bridgehead atoms. The van der Waals surface area contributed by atoms with E-state index in [0.29, 0.717) is 23.2 Å². The van der Waals surface area contributed by atoms with Gasteiger partial charge in [0.05, 0.1) is 18.5 Å². The average Bonchev–Trinajstić information content (AvgIpc) is 2.69. The molecule has 0 atom stereocenters. The summed E-state index contributed by atoms with van der Waals surface area (Å²) < 4.78 is 19.4. The van der Waals surface area contributed by atoms with Gasteiger partial charge in [-0.15, -0.1) is 0 Å². The lowest BCUT2D eigenvalue weighted by molar-refractivity contribution is -0.134. The molecule has 0 aromatic heterocycles. The van der Waals surface area contributed by atoms with Crippen LogP contribution in [0.3, 0.4) is 0 Å². The van der Waals surface area contributed by atoms with Crippen LogP contribution in [0.2, 0.25) is 0 Å². The number of anilines is 2. The number of fused-ring (bicyclic) bond motifs is 1. The maximum atomic E-state index is 14.8. The van der Waals surface area contributed by atoms with Gasteiger partial charge in [0.15, 0.2) is 0 Å². The van der Waals surface area contributed by atoms with Gasteiger partial charge in [-0.05, 0) is 76.5 Å². The molecule has 0 saturated carbocycles. The minimum Gasteiger partial charge on any atom is -0.466 e. The Morgan fingerprint density at radius 3 is 2.17 bits per heavy atom. The molecule has 158 valence electrons. The zero-order valence-electron chi connectivity index (χ0n) is 18.6. The van der Waals surface area contributed by atoms with E-state index in [9.17, 15) is 9.18 Å². The van der Waals surface area contributed by atoms with E-state index in [0.717, 1.165) is 24.3 Å². The number of halogens is 1. The molecule has 1 heterocycles. The van der Waals surface area contributed by atoms with E-state index in [1.807, 2.05) is 6.07 Å². The molecule has 1 aromatic rings. The number of nitrogens with zero attached hydrogens (tertiary/aromatic N) is 2.